The molecule has 0 bridgehead atoms. The highest BCUT2D eigenvalue weighted by Crippen LogP contribution is 2.27. The van der Waals surface area contributed by atoms with E-state index in [0.717, 1.165) is 16.9 Å². The van der Waals surface area contributed by atoms with Crippen LogP contribution in [0, 0.1) is 6.92 Å². The maximum absolute atomic E-state index is 12.2. The summed E-state index contributed by atoms with van der Waals surface area (Å²) < 4.78 is 11.0. The van der Waals surface area contributed by atoms with Gasteiger partial charge in [0.05, 0.1) is 5.92 Å². The van der Waals surface area contributed by atoms with Crippen molar-refractivity contribution < 1.29 is 14.1 Å². The number of likely N-dealkylation sites (tertiary alicyclic amines) is 1. The van der Waals surface area contributed by atoms with E-state index >= 15 is 0 Å². The highest BCUT2D eigenvalue weighted by Gasteiger charge is 2.35. The Morgan fingerprint density at radius 3 is 2.77 bits per heavy atom. The summed E-state index contributed by atoms with van der Waals surface area (Å²) >= 11 is 0. The summed E-state index contributed by atoms with van der Waals surface area (Å²) in [5.41, 5.74) is 1.87. The normalized spacial score (nSPS) is 14.1. The Hall–Kier alpha value is -3.22. The van der Waals surface area contributed by atoms with Crippen LogP contribution in [0.4, 0.5) is 0 Å². The first kappa shape index (κ1) is 16.3. The lowest BCUT2D eigenvalue weighted by atomic mass is 10.0. The van der Waals surface area contributed by atoms with Crippen LogP contribution < -0.4 is 4.74 Å². The van der Waals surface area contributed by atoms with Crippen molar-refractivity contribution in [3.63, 3.8) is 0 Å². The van der Waals surface area contributed by atoms with Crippen LogP contribution in [-0.4, -0.2) is 45.6 Å². The second-order valence-electron chi connectivity index (χ2n) is 6.24. The molecule has 4 rings (SSSR count). The second kappa shape index (κ2) is 6.95. The topological polar surface area (TPSA) is 81.4 Å². The van der Waals surface area contributed by atoms with Gasteiger partial charge in [-0.05, 0) is 30.7 Å². The zero-order valence-electron chi connectivity index (χ0n) is 14.3. The quantitative estimate of drug-likeness (QED) is 0.703. The van der Waals surface area contributed by atoms with Crippen molar-refractivity contribution in [3.05, 3.63) is 60.2 Å². The van der Waals surface area contributed by atoms with Gasteiger partial charge in [-0.15, -0.1) is 0 Å². The van der Waals surface area contributed by atoms with Crippen LogP contribution >= 0.6 is 0 Å². The van der Waals surface area contributed by atoms with E-state index in [-0.39, 0.29) is 18.4 Å². The molecule has 132 valence electrons. The smallest absolute Gasteiger partial charge is 0.260 e. The molecule has 2 aromatic heterocycles. The Kier molecular flexibility index (Phi) is 4.35. The summed E-state index contributed by atoms with van der Waals surface area (Å²) in [6.07, 6.45) is 3.37. The number of hydrogen-bond donors (Lipinski definition) is 0. The van der Waals surface area contributed by atoms with Crippen molar-refractivity contribution in [3.8, 4) is 17.1 Å². The molecule has 3 heterocycles. The SMILES string of the molecule is Cc1ccccc1OCC(=O)N1CC(c2nc(-c3ccncc3)no2)C1. The average Bonchev–Trinajstić information content (AvgIpc) is 3.10. The monoisotopic (exact) mass is 350 g/mol. The molecule has 0 N–H and O–H groups in total. The predicted octanol–water partition coefficient (Wildman–Crippen LogP) is 2.44. The van der Waals surface area contributed by atoms with Gasteiger partial charge < -0.3 is 14.2 Å². The van der Waals surface area contributed by atoms with Crippen molar-refractivity contribution in [2.75, 3.05) is 19.7 Å². The average molecular weight is 350 g/mol. The van der Waals surface area contributed by atoms with Gasteiger partial charge in [0.15, 0.2) is 6.61 Å². The van der Waals surface area contributed by atoms with Crippen molar-refractivity contribution >= 4 is 5.91 Å². The molecule has 1 aliphatic heterocycles. The highest BCUT2D eigenvalue weighted by molar-refractivity contribution is 5.78. The number of ether oxygens (including phenoxy) is 1. The van der Waals surface area contributed by atoms with Crippen LogP contribution in [0.15, 0.2) is 53.3 Å². The lowest BCUT2D eigenvalue weighted by molar-refractivity contribution is -0.138. The van der Waals surface area contributed by atoms with Gasteiger partial charge in [-0.25, -0.2) is 0 Å². The van der Waals surface area contributed by atoms with E-state index in [1.807, 2.05) is 43.3 Å². The Balaban J connectivity index is 1.31. The number of aryl methyl sites for hydroxylation is 1. The summed E-state index contributed by atoms with van der Waals surface area (Å²) in [6.45, 7) is 3.11. The Bertz CT molecular complexity index is 904. The molecule has 7 heteroatoms. The first-order valence-corrected chi connectivity index (χ1v) is 8.41. The van der Waals surface area contributed by atoms with Crippen LogP contribution in [-0.2, 0) is 4.79 Å². The van der Waals surface area contributed by atoms with Crippen LogP contribution in [0.25, 0.3) is 11.4 Å². The lowest BCUT2D eigenvalue weighted by Crippen LogP contribution is -2.50. The number of aromatic nitrogens is 3. The summed E-state index contributed by atoms with van der Waals surface area (Å²) in [6, 6.07) is 11.3. The molecule has 7 nitrogen and oxygen atoms in total. The third-order valence-electron chi connectivity index (χ3n) is 4.41. The summed E-state index contributed by atoms with van der Waals surface area (Å²) in [4.78, 5) is 22.4. The summed E-state index contributed by atoms with van der Waals surface area (Å²) in [5, 5.41) is 4.00. The van der Waals surface area contributed by atoms with Crippen molar-refractivity contribution in [2.24, 2.45) is 0 Å². The third-order valence-corrected chi connectivity index (χ3v) is 4.41. The van der Waals surface area contributed by atoms with Crippen LogP contribution in [0.5, 0.6) is 5.75 Å². The summed E-state index contributed by atoms with van der Waals surface area (Å²) in [7, 11) is 0. The molecule has 0 saturated carbocycles. The van der Waals surface area contributed by atoms with Gasteiger partial charge in [0.25, 0.3) is 5.91 Å². The Labute approximate surface area is 150 Å². The molecule has 0 atom stereocenters. The number of hydrogen-bond acceptors (Lipinski definition) is 6. The van der Waals surface area contributed by atoms with Gasteiger partial charge in [0.1, 0.15) is 5.75 Å². The number of benzene rings is 1. The number of carbonyl (C=O) groups is 1. The molecule has 0 aliphatic carbocycles. The molecule has 1 aromatic carbocycles. The van der Waals surface area contributed by atoms with Crippen molar-refractivity contribution in [1.82, 2.24) is 20.0 Å². The molecule has 1 saturated heterocycles. The molecule has 0 radical (unpaired) electrons. The minimum Gasteiger partial charge on any atom is -0.484 e. The van der Waals surface area contributed by atoms with E-state index < -0.39 is 0 Å². The number of carbonyl (C=O) groups excluding carboxylic acids is 1. The first-order valence-electron chi connectivity index (χ1n) is 8.41. The number of para-hydroxylation sites is 1. The Morgan fingerprint density at radius 2 is 2.00 bits per heavy atom. The van der Waals surface area contributed by atoms with E-state index in [0.29, 0.717) is 24.8 Å². The second-order valence-corrected chi connectivity index (χ2v) is 6.24. The fourth-order valence-electron chi connectivity index (χ4n) is 2.81. The maximum Gasteiger partial charge on any atom is 0.260 e. The fourth-order valence-corrected chi connectivity index (χ4v) is 2.81. The minimum absolute atomic E-state index is 0.0314. The minimum atomic E-state index is -0.0432. The fraction of sp³-hybridized carbons (Fsp3) is 0.263. The standard InChI is InChI=1S/C19H18N4O3/c1-13-4-2-3-5-16(13)25-12-17(24)23-10-15(11-23)19-21-18(22-26-19)14-6-8-20-9-7-14/h2-9,15H,10-12H2,1H3. The van der Waals surface area contributed by atoms with Crippen LogP contribution in [0.1, 0.15) is 17.4 Å². The predicted molar refractivity (Wildman–Crippen MR) is 93.5 cm³/mol. The van der Waals surface area contributed by atoms with Gasteiger partial charge >= 0.3 is 0 Å². The van der Waals surface area contributed by atoms with E-state index in [1.165, 1.54) is 0 Å². The van der Waals surface area contributed by atoms with Gasteiger partial charge in [0.2, 0.25) is 11.7 Å². The van der Waals surface area contributed by atoms with Gasteiger partial charge in [-0.1, -0.05) is 23.4 Å². The molecule has 1 amide bonds. The van der Waals surface area contributed by atoms with Crippen molar-refractivity contribution in [1.29, 1.82) is 0 Å². The summed E-state index contributed by atoms with van der Waals surface area (Å²) in [5.74, 6) is 1.85. The zero-order chi connectivity index (χ0) is 17.9. The molecular formula is C19H18N4O3. The lowest BCUT2D eigenvalue weighted by Gasteiger charge is -2.36. The first-order chi connectivity index (χ1) is 12.7. The third kappa shape index (κ3) is 3.28. The Morgan fingerprint density at radius 1 is 1.23 bits per heavy atom. The van der Waals surface area contributed by atoms with Gasteiger partial charge in [-0.3, -0.25) is 9.78 Å². The molecule has 0 unspecified atom stereocenters. The zero-order valence-corrected chi connectivity index (χ0v) is 14.3. The number of amides is 1. The van der Waals surface area contributed by atoms with E-state index in [9.17, 15) is 4.79 Å². The van der Waals surface area contributed by atoms with E-state index in [4.69, 9.17) is 9.26 Å². The van der Waals surface area contributed by atoms with E-state index in [2.05, 4.69) is 15.1 Å². The molecule has 26 heavy (non-hydrogen) atoms. The van der Waals surface area contributed by atoms with Crippen molar-refractivity contribution in [2.45, 2.75) is 12.8 Å². The molecule has 1 aliphatic rings. The largest absolute Gasteiger partial charge is 0.484 e. The molecular weight excluding hydrogens is 332 g/mol. The maximum atomic E-state index is 12.2. The highest BCUT2D eigenvalue weighted by atomic mass is 16.5. The van der Waals surface area contributed by atoms with Crippen LogP contribution in [0.3, 0.4) is 0 Å². The number of nitrogens with zero attached hydrogens (tertiary/aromatic N) is 4. The molecule has 1 fully saturated rings. The molecule has 0 spiro atoms. The van der Waals surface area contributed by atoms with Gasteiger partial charge in [-0.2, -0.15) is 4.98 Å². The number of pyridine rings is 1. The molecule has 3 aromatic rings. The van der Waals surface area contributed by atoms with Gasteiger partial charge in [0, 0.05) is 31.0 Å². The van der Waals surface area contributed by atoms with E-state index in [1.54, 1.807) is 17.3 Å². The van der Waals surface area contributed by atoms with Crippen LogP contribution in [0.2, 0.25) is 0 Å². The number of rotatable bonds is 5.